The molecular formula is C54H55N4O2Pt-3. The van der Waals surface area contributed by atoms with Crippen LogP contribution in [0.25, 0.3) is 38.8 Å². The smallest absolute Gasteiger partial charge is 0.136 e. The Morgan fingerprint density at radius 1 is 0.574 bits per heavy atom. The van der Waals surface area contributed by atoms with Gasteiger partial charge in [0.25, 0.3) is 0 Å². The molecule has 0 saturated carbocycles. The number of anilines is 4. The summed E-state index contributed by atoms with van der Waals surface area (Å²) in [6, 6.07) is 43.8. The Balaban J connectivity index is 0.00000514. The van der Waals surface area contributed by atoms with E-state index in [9.17, 15) is 0 Å². The molecule has 6 nitrogen and oxygen atoms in total. The predicted molar refractivity (Wildman–Crippen MR) is 249 cm³/mol. The summed E-state index contributed by atoms with van der Waals surface area (Å²) in [6.45, 7) is 29.3. The molecule has 5 aromatic carbocycles. The molecule has 0 saturated heterocycles. The van der Waals surface area contributed by atoms with E-state index < -0.39 is 0 Å². The largest absolute Gasteiger partial charge is 0.509 e. The Kier molecular flexibility index (Phi) is 10.4. The van der Waals surface area contributed by atoms with Crippen LogP contribution in [0, 0.1) is 18.8 Å². The fourth-order valence-corrected chi connectivity index (χ4v) is 8.06. The maximum absolute atomic E-state index is 6.83. The molecule has 0 atom stereocenters. The van der Waals surface area contributed by atoms with Gasteiger partial charge in [0.1, 0.15) is 17.0 Å². The van der Waals surface area contributed by atoms with Gasteiger partial charge < -0.3 is 23.5 Å². The zero-order chi connectivity index (χ0) is 42.5. The molecule has 3 aromatic heterocycles. The third kappa shape index (κ3) is 7.78. The molecule has 0 N–H and O–H groups in total. The fourth-order valence-electron chi connectivity index (χ4n) is 8.06. The first kappa shape index (κ1) is 42.4. The molecule has 61 heavy (non-hydrogen) atoms. The number of para-hydroxylation sites is 3. The number of pyridine rings is 1. The van der Waals surface area contributed by atoms with Gasteiger partial charge in [0.15, 0.2) is 0 Å². The second kappa shape index (κ2) is 14.9. The first-order valence-electron chi connectivity index (χ1n) is 21.0. The fraction of sp³-hybridized carbons (Fsp3) is 0.296. The molecule has 7 heteroatoms. The molecule has 0 radical (unpaired) electrons. The summed E-state index contributed by atoms with van der Waals surface area (Å²) in [6.07, 6.45) is 1.89. The van der Waals surface area contributed by atoms with E-state index in [0.717, 1.165) is 67.1 Å². The summed E-state index contributed by atoms with van der Waals surface area (Å²) in [5.41, 5.74) is 12.4. The van der Waals surface area contributed by atoms with E-state index in [1.807, 2.05) is 30.5 Å². The molecular weight excluding hydrogens is 932 g/mol. The Labute approximate surface area is 375 Å². The van der Waals surface area contributed by atoms with Crippen LogP contribution >= 0.6 is 0 Å². The number of furan rings is 1. The number of rotatable bonds is 5. The van der Waals surface area contributed by atoms with E-state index in [1.54, 1.807) is 0 Å². The van der Waals surface area contributed by atoms with E-state index in [4.69, 9.17) is 14.1 Å². The SMILES string of the molecule is CC(C)(C)c1cc(Oc2[c-]c3c(cc2)c2oc4ccccc4c2n3-c2cc(C(C)(C)C)ccn2)[c-]c(N2[CH-]N(c3cc(C(C)(C)C)cc(C(C)(C)C)c3)c3ccccc32)c1.[Pt]. The molecule has 9 rings (SSSR count). The number of nitrogens with zero attached hydrogens (tertiary/aromatic N) is 4. The van der Waals surface area contributed by atoms with Crippen molar-refractivity contribution >= 4 is 55.7 Å². The Morgan fingerprint density at radius 3 is 1.84 bits per heavy atom. The summed E-state index contributed by atoms with van der Waals surface area (Å²) in [5, 5.41) is 1.97. The third-order valence-corrected chi connectivity index (χ3v) is 11.7. The summed E-state index contributed by atoms with van der Waals surface area (Å²) in [5.74, 6) is 2.00. The predicted octanol–water partition coefficient (Wildman–Crippen LogP) is 14.9. The number of fused-ring (bicyclic) bond motifs is 6. The molecule has 1 aliphatic rings. The van der Waals surface area contributed by atoms with Crippen LogP contribution in [-0.2, 0) is 42.7 Å². The van der Waals surface area contributed by atoms with Crippen molar-refractivity contribution in [3.05, 3.63) is 150 Å². The molecule has 4 heterocycles. The summed E-state index contributed by atoms with van der Waals surface area (Å²) < 4.78 is 15.5. The van der Waals surface area contributed by atoms with Gasteiger partial charge in [-0.05, 0) is 86.9 Å². The average molecular weight is 987 g/mol. The quantitative estimate of drug-likeness (QED) is 0.161. The van der Waals surface area contributed by atoms with Crippen molar-refractivity contribution in [3.63, 3.8) is 0 Å². The first-order valence-corrected chi connectivity index (χ1v) is 21.0. The van der Waals surface area contributed by atoms with Crippen LogP contribution in [0.15, 0.2) is 114 Å². The monoisotopic (exact) mass is 986 g/mol. The van der Waals surface area contributed by atoms with Gasteiger partial charge in [0, 0.05) is 61.2 Å². The van der Waals surface area contributed by atoms with Crippen molar-refractivity contribution < 1.29 is 30.2 Å². The number of benzene rings is 5. The van der Waals surface area contributed by atoms with Crippen LogP contribution < -0.4 is 14.5 Å². The van der Waals surface area contributed by atoms with E-state index in [0.29, 0.717) is 11.5 Å². The Bertz CT molecular complexity index is 2910. The van der Waals surface area contributed by atoms with Gasteiger partial charge in [-0.2, -0.15) is 6.07 Å². The minimum atomic E-state index is -0.165. The van der Waals surface area contributed by atoms with Gasteiger partial charge >= 0.3 is 0 Å². The van der Waals surface area contributed by atoms with Crippen LogP contribution in [0.4, 0.5) is 22.7 Å². The molecule has 0 spiro atoms. The maximum atomic E-state index is 6.83. The number of ether oxygens (including phenoxy) is 1. The van der Waals surface area contributed by atoms with Crippen LogP contribution in [0.3, 0.4) is 0 Å². The van der Waals surface area contributed by atoms with Crippen molar-refractivity contribution in [2.24, 2.45) is 0 Å². The topological polar surface area (TPSA) is 46.7 Å². The first-order chi connectivity index (χ1) is 28.2. The molecule has 0 fully saturated rings. The number of aromatic nitrogens is 2. The van der Waals surface area contributed by atoms with Crippen LogP contribution in [-0.4, -0.2) is 9.55 Å². The molecule has 316 valence electrons. The van der Waals surface area contributed by atoms with Gasteiger partial charge in [-0.1, -0.05) is 124 Å². The normalized spacial score (nSPS) is 13.6. The standard InChI is InChI=1S/C54H55N4O2.Pt/c1-51(2,3)34-23-24-55-48(30-34)58-46-32-40(21-22-42(46)50-49(58)43-17-13-16-20-47(43)60-50)59-41-29-37(54(10,11)12)28-39(31-41)57-33-56(44-18-14-15-19-45(44)57)38-26-35(52(4,5)6)25-36(27-38)53(7,8)9;/h13-30,33H,1-12H3;/q-3;. The average Bonchev–Trinajstić information content (AvgIpc) is 3.85. The molecule has 0 aliphatic carbocycles. The van der Waals surface area contributed by atoms with Crippen molar-refractivity contribution in [1.82, 2.24) is 9.55 Å². The summed E-state index contributed by atoms with van der Waals surface area (Å²) in [7, 11) is 0. The van der Waals surface area contributed by atoms with E-state index >= 15 is 0 Å². The van der Waals surface area contributed by atoms with Crippen LogP contribution in [0.5, 0.6) is 11.5 Å². The van der Waals surface area contributed by atoms with Crippen molar-refractivity contribution in [3.8, 4) is 17.3 Å². The minimum absolute atomic E-state index is 0. The molecule has 0 unspecified atom stereocenters. The van der Waals surface area contributed by atoms with E-state index in [-0.39, 0.29) is 42.7 Å². The van der Waals surface area contributed by atoms with E-state index in [1.165, 1.54) is 16.7 Å². The molecule has 8 aromatic rings. The third-order valence-electron chi connectivity index (χ3n) is 11.7. The van der Waals surface area contributed by atoms with Crippen LogP contribution in [0.2, 0.25) is 0 Å². The molecule has 0 amide bonds. The van der Waals surface area contributed by atoms with Gasteiger partial charge in [0.05, 0.1) is 5.52 Å². The van der Waals surface area contributed by atoms with Gasteiger partial charge in [-0.25, -0.2) is 4.98 Å². The van der Waals surface area contributed by atoms with Gasteiger partial charge in [-0.3, -0.25) is 0 Å². The van der Waals surface area contributed by atoms with Crippen molar-refractivity contribution in [2.75, 3.05) is 9.80 Å². The second-order valence-electron chi connectivity index (χ2n) is 20.4. The van der Waals surface area contributed by atoms with Gasteiger partial charge in [0.2, 0.25) is 0 Å². The molecule has 1 aliphatic heterocycles. The Morgan fingerprint density at radius 2 is 1.18 bits per heavy atom. The van der Waals surface area contributed by atoms with E-state index in [2.05, 4.69) is 195 Å². The number of hydrogen-bond donors (Lipinski definition) is 0. The van der Waals surface area contributed by atoms with Crippen molar-refractivity contribution in [1.29, 1.82) is 0 Å². The zero-order valence-electron chi connectivity index (χ0n) is 37.4. The summed E-state index contributed by atoms with van der Waals surface area (Å²) >= 11 is 0. The molecule has 0 bridgehead atoms. The number of hydrogen-bond acceptors (Lipinski definition) is 5. The van der Waals surface area contributed by atoms with Crippen molar-refractivity contribution in [2.45, 2.75) is 105 Å². The van der Waals surface area contributed by atoms with Gasteiger partial charge in [-0.15, -0.1) is 48.3 Å². The Hall–Kier alpha value is -5.32. The minimum Gasteiger partial charge on any atom is -0.509 e. The zero-order valence-corrected chi connectivity index (χ0v) is 39.7. The van der Waals surface area contributed by atoms with Crippen LogP contribution in [0.1, 0.15) is 105 Å². The maximum Gasteiger partial charge on any atom is 0.136 e. The second-order valence-corrected chi connectivity index (χ2v) is 20.4. The summed E-state index contributed by atoms with van der Waals surface area (Å²) in [4.78, 5) is 9.47.